The van der Waals surface area contributed by atoms with Crippen LogP contribution >= 0.6 is 0 Å². The second kappa shape index (κ2) is 8.06. The molecule has 1 N–H and O–H groups in total. The molecule has 0 saturated carbocycles. The molecular weight excluding hydrogens is 371 g/mol. The molecular formula is C19H21FN2O4S. The van der Waals surface area contributed by atoms with Gasteiger partial charge in [0, 0.05) is 19.1 Å². The minimum atomic E-state index is -3.74. The van der Waals surface area contributed by atoms with Crippen LogP contribution in [0.5, 0.6) is 5.75 Å². The van der Waals surface area contributed by atoms with Gasteiger partial charge in [0.15, 0.2) is 0 Å². The number of likely N-dealkylation sites (tertiary alicyclic amines) is 1. The first-order valence-electron chi connectivity index (χ1n) is 8.61. The number of para-hydroxylation sites is 1. The normalized spacial score (nSPS) is 15.6. The maximum Gasteiger partial charge on any atom is 0.256 e. The molecule has 0 spiro atoms. The molecule has 1 saturated heterocycles. The summed E-state index contributed by atoms with van der Waals surface area (Å²) in [4.78, 5) is 14.1. The van der Waals surface area contributed by atoms with Gasteiger partial charge < -0.3 is 9.64 Å². The molecule has 1 aliphatic heterocycles. The Morgan fingerprint density at radius 2 is 1.74 bits per heavy atom. The quantitative estimate of drug-likeness (QED) is 0.848. The molecule has 1 heterocycles. The minimum absolute atomic E-state index is 0.0329. The highest BCUT2D eigenvalue weighted by atomic mass is 32.2. The molecule has 0 unspecified atom stereocenters. The Morgan fingerprint density at radius 1 is 1.11 bits per heavy atom. The summed E-state index contributed by atoms with van der Waals surface area (Å²) in [6.07, 6.45) is 0.906. The molecule has 2 aromatic carbocycles. The number of rotatable bonds is 5. The van der Waals surface area contributed by atoms with E-state index in [2.05, 4.69) is 4.72 Å². The van der Waals surface area contributed by atoms with Crippen molar-refractivity contribution in [3.63, 3.8) is 0 Å². The summed E-state index contributed by atoms with van der Waals surface area (Å²) in [7, 11) is -2.32. The van der Waals surface area contributed by atoms with E-state index in [-0.39, 0.29) is 28.2 Å². The van der Waals surface area contributed by atoms with Crippen molar-refractivity contribution in [2.45, 2.75) is 23.8 Å². The summed E-state index contributed by atoms with van der Waals surface area (Å²) < 4.78 is 46.9. The van der Waals surface area contributed by atoms with E-state index in [9.17, 15) is 17.6 Å². The molecule has 0 aromatic heterocycles. The number of nitrogens with zero attached hydrogens (tertiary/aromatic N) is 1. The van der Waals surface area contributed by atoms with Gasteiger partial charge in [-0.3, -0.25) is 4.79 Å². The van der Waals surface area contributed by atoms with Crippen molar-refractivity contribution in [3.05, 3.63) is 59.9 Å². The van der Waals surface area contributed by atoms with Gasteiger partial charge in [-0.05, 0) is 37.1 Å². The third kappa shape index (κ3) is 4.28. The Morgan fingerprint density at radius 3 is 2.41 bits per heavy atom. The lowest BCUT2D eigenvalue weighted by atomic mass is 10.0. The number of benzene rings is 2. The first kappa shape index (κ1) is 19.3. The number of carbonyl (C=O) groups is 1. The van der Waals surface area contributed by atoms with Crippen molar-refractivity contribution in [2.24, 2.45) is 0 Å². The summed E-state index contributed by atoms with van der Waals surface area (Å²) in [5, 5.41) is 0. The molecule has 2 aromatic rings. The zero-order chi connectivity index (χ0) is 19.4. The van der Waals surface area contributed by atoms with E-state index >= 15 is 0 Å². The van der Waals surface area contributed by atoms with Crippen LogP contribution in [0, 0.1) is 5.82 Å². The van der Waals surface area contributed by atoms with Crippen molar-refractivity contribution in [3.8, 4) is 5.75 Å². The number of amides is 1. The highest BCUT2D eigenvalue weighted by molar-refractivity contribution is 7.89. The van der Waals surface area contributed by atoms with Crippen molar-refractivity contribution >= 4 is 15.9 Å². The Bertz CT molecular complexity index is 925. The summed E-state index contributed by atoms with van der Waals surface area (Å²) in [5.74, 6) is -0.655. The molecule has 144 valence electrons. The van der Waals surface area contributed by atoms with Crippen LogP contribution < -0.4 is 9.46 Å². The van der Waals surface area contributed by atoms with Gasteiger partial charge in [-0.15, -0.1) is 0 Å². The van der Waals surface area contributed by atoms with Crippen LogP contribution in [-0.4, -0.2) is 45.5 Å². The maximum absolute atomic E-state index is 13.8. The molecule has 0 radical (unpaired) electrons. The molecule has 8 heteroatoms. The number of hydrogen-bond acceptors (Lipinski definition) is 4. The fraction of sp³-hybridized carbons (Fsp3) is 0.316. The smallest absolute Gasteiger partial charge is 0.256 e. The molecule has 0 aliphatic carbocycles. The number of sulfonamides is 1. The van der Waals surface area contributed by atoms with Crippen LogP contribution in [0.15, 0.2) is 53.4 Å². The minimum Gasteiger partial charge on any atom is -0.495 e. The van der Waals surface area contributed by atoms with Crippen LogP contribution in [0.2, 0.25) is 0 Å². The second-order valence-electron chi connectivity index (χ2n) is 6.32. The van der Waals surface area contributed by atoms with E-state index in [1.807, 2.05) is 0 Å². The van der Waals surface area contributed by atoms with Gasteiger partial charge in [0.2, 0.25) is 10.0 Å². The molecule has 0 atom stereocenters. The lowest BCUT2D eigenvalue weighted by Crippen LogP contribution is -2.46. The molecule has 1 aliphatic rings. The topological polar surface area (TPSA) is 75.7 Å². The highest BCUT2D eigenvalue weighted by Gasteiger charge is 2.29. The standard InChI is InChI=1S/C19H21FN2O4S/c1-26-17-8-4-5-9-18(17)27(24,25)21-14-10-12-22(13-11-14)19(23)15-6-2-3-7-16(15)20/h2-9,14,21H,10-13H2,1H3. The van der Waals surface area contributed by atoms with Gasteiger partial charge in [-0.25, -0.2) is 17.5 Å². The second-order valence-corrected chi connectivity index (χ2v) is 8.00. The largest absolute Gasteiger partial charge is 0.495 e. The summed E-state index contributed by atoms with van der Waals surface area (Å²) in [6.45, 7) is 0.707. The van der Waals surface area contributed by atoms with Crippen molar-refractivity contribution in [2.75, 3.05) is 20.2 Å². The van der Waals surface area contributed by atoms with Crippen molar-refractivity contribution in [1.29, 1.82) is 0 Å². The van der Waals surface area contributed by atoms with E-state index in [0.29, 0.717) is 25.9 Å². The lowest BCUT2D eigenvalue weighted by molar-refractivity contribution is 0.0706. The average Bonchev–Trinajstić information content (AvgIpc) is 2.68. The third-order valence-electron chi connectivity index (χ3n) is 4.57. The highest BCUT2D eigenvalue weighted by Crippen LogP contribution is 2.24. The predicted octanol–water partition coefficient (Wildman–Crippen LogP) is 2.42. The van der Waals surface area contributed by atoms with E-state index < -0.39 is 15.8 Å². The fourth-order valence-corrected chi connectivity index (χ4v) is 4.60. The van der Waals surface area contributed by atoms with Crippen molar-refractivity contribution < 1.29 is 22.3 Å². The number of hydrogen-bond donors (Lipinski definition) is 1. The predicted molar refractivity (Wildman–Crippen MR) is 98.6 cm³/mol. The van der Waals surface area contributed by atoms with Crippen LogP contribution in [0.4, 0.5) is 4.39 Å². The van der Waals surface area contributed by atoms with Crippen LogP contribution in [0.1, 0.15) is 23.2 Å². The summed E-state index contributed by atoms with van der Waals surface area (Å²) in [5.41, 5.74) is 0.0329. The maximum atomic E-state index is 13.8. The molecule has 1 amide bonds. The van der Waals surface area contributed by atoms with E-state index in [1.165, 1.54) is 31.4 Å². The van der Waals surface area contributed by atoms with Gasteiger partial charge in [-0.1, -0.05) is 24.3 Å². The van der Waals surface area contributed by atoms with Gasteiger partial charge in [0.25, 0.3) is 5.91 Å². The van der Waals surface area contributed by atoms with E-state index in [4.69, 9.17) is 4.74 Å². The number of ether oxygens (including phenoxy) is 1. The van der Waals surface area contributed by atoms with Gasteiger partial charge in [-0.2, -0.15) is 0 Å². The number of nitrogens with one attached hydrogen (secondary N) is 1. The molecule has 0 bridgehead atoms. The number of halogens is 1. The number of carbonyl (C=O) groups excluding carboxylic acids is 1. The zero-order valence-corrected chi connectivity index (χ0v) is 15.7. The van der Waals surface area contributed by atoms with Crippen LogP contribution in [-0.2, 0) is 10.0 Å². The Labute approximate surface area is 158 Å². The van der Waals surface area contributed by atoms with Crippen LogP contribution in [0.25, 0.3) is 0 Å². The van der Waals surface area contributed by atoms with Crippen LogP contribution in [0.3, 0.4) is 0 Å². The molecule has 6 nitrogen and oxygen atoms in total. The summed E-state index contributed by atoms with van der Waals surface area (Å²) >= 11 is 0. The number of methoxy groups -OCH3 is 1. The molecule has 1 fully saturated rings. The van der Waals surface area contributed by atoms with Gasteiger partial charge in [0.1, 0.15) is 16.5 Å². The number of piperidine rings is 1. The SMILES string of the molecule is COc1ccccc1S(=O)(=O)NC1CCN(C(=O)c2ccccc2F)CC1. The Kier molecular flexibility index (Phi) is 5.76. The zero-order valence-electron chi connectivity index (χ0n) is 14.9. The molecule has 27 heavy (non-hydrogen) atoms. The molecule has 3 rings (SSSR count). The van der Waals surface area contributed by atoms with Gasteiger partial charge in [0.05, 0.1) is 12.7 Å². The Hall–Kier alpha value is -2.45. The fourth-order valence-electron chi connectivity index (χ4n) is 3.13. The third-order valence-corrected chi connectivity index (χ3v) is 6.13. The monoisotopic (exact) mass is 392 g/mol. The van der Waals surface area contributed by atoms with E-state index in [1.54, 1.807) is 29.2 Å². The lowest BCUT2D eigenvalue weighted by Gasteiger charge is -2.32. The first-order chi connectivity index (χ1) is 12.9. The first-order valence-corrected chi connectivity index (χ1v) is 10.1. The average molecular weight is 392 g/mol. The van der Waals surface area contributed by atoms with Crippen molar-refractivity contribution in [1.82, 2.24) is 9.62 Å². The van der Waals surface area contributed by atoms with Gasteiger partial charge >= 0.3 is 0 Å². The van der Waals surface area contributed by atoms with E-state index in [0.717, 1.165) is 0 Å². The summed E-state index contributed by atoms with van der Waals surface area (Å²) in [6, 6.07) is 12.0. The Balaban J connectivity index is 1.64.